The predicted molar refractivity (Wildman–Crippen MR) is 149 cm³/mol. The zero-order chi connectivity index (χ0) is 25.1. The molecule has 5 aromatic rings. The number of halogens is 1. The van der Waals surface area contributed by atoms with Crippen LogP contribution >= 0.6 is 22.9 Å². The molecule has 2 aliphatic rings. The highest BCUT2D eigenvalue weighted by Crippen LogP contribution is 2.42. The number of thiazole rings is 1. The van der Waals surface area contributed by atoms with Crippen molar-refractivity contribution in [3.63, 3.8) is 0 Å². The predicted octanol–water partition coefficient (Wildman–Crippen LogP) is 5.46. The molecule has 0 spiro atoms. The Hall–Kier alpha value is -3.87. The number of benzene rings is 3. The molecule has 37 heavy (non-hydrogen) atoms. The molecule has 0 radical (unpaired) electrons. The number of hydrogen-bond donors (Lipinski definition) is 1. The molecule has 3 heterocycles. The lowest BCUT2D eigenvalue weighted by atomic mass is 9.83. The van der Waals surface area contributed by atoms with Crippen molar-refractivity contribution < 1.29 is 4.74 Å². The molecule has 1 unspecified atom stereocenters. The van der Waals surface area contributed by atoms with E-state index in [1.165, 1.54) is 16.9 Å². The van der Waals surface area contributed by atoms with E-state index in [0.29, 0.717) is 14.4 Å². The van der Waals surface area contributed by atoms with Crippen molar-refractivity contribution in [3.05, 3.63) is 125 Å². The van der Waals surface area contributed by atoms with E-state index in [-0.39, 0.29) is 11.6 Å². The number of ether oxygens (including phenoxy) is 1. The van der Waals surface area contributed by atoms with Crippen LogP contribution in [0, 0.1) is 0 Å². The van der Waals surface area contributed by atoms with E-state index in [2.05, 4.69) is 23.2 Å². The van der Waals surface area contributed by atoms with Gasteiger partial charge in [-0.05, 0) is 72.0 Å². The van der Waals surface area contributed by atoms with E-state index in [1.54, 1.807) is 7.11 Å². The van der Waals surface area contributed by atoms with Gasteiger partial charge in [0.2, 0.25) is 0 Å². The molecule has 5 nitrogen and oxygen atoms in total. The standard InChI is InChI=1S/C30H22ClN3O2S/c1-36-21-11-13-23-18(14-21)8-12-24-27(23)33-30-34(28(24)17-6-9-20(31)10-7-17)29(35)26(37-30)15-19-16-32-25-5-3-2-4-22(19)25/h2-7,9-11,13-16,28,32H,8,12H2,1H3/b26-15-. The second-order valence-electron chi connectivity index (χ2n) is 9.32. The maximum absolute atomic E-state index is 13.9. The third-order valence-electron chi connectivity index (χ3n) is 7.26. The topological polar surface area (TPSA) is 59.4 Å². The fourth-order valence-corrected chi connectivity index (χ4v) is 6.61. The summed E-state index contributed by atoms with van der Waals surface area (Å²) in [6.45, 7) is 0. The van der Waals surface area contributed by atoms with Crippen LogP contribution in [0.15, 0.2) is 88.3 Å². The highest BCUT2D eigenvalue weighted by Gasteiger charge is 2.32. The van der Waals surface area contributed by atoms with Crippen molar-refractivity contribution in [2.24, 2.45) is 4.99 Å². The molecule has 0 fully saturated rings. The van der Waals surface area contributed by atoms with Gasteiger partial charge >= 0.3 is 0 Å². The molecule has 7 heteroatoms. The first-order valence-corrected chi connectivity index (χ1v) is 13.3. The summed E-state index contributed by atoms with van der Waals surface area (Å²) in [6.07, 6.45) is 5.61. The van der Waals surface area contributed by atoms with Gasteiger partial charge < -0.3 is 9.72 Å². The average molecular weight is 524 g/mol. The van der Waals surface area contributed by atoms with Gasteiger partial charge in [-0.2, -0.15) is 0 Å². The van der Waals surface area contributed by atoms with Crippen LogP contribution in [0.1, 0.15) is 34.7 Å². The van der Waals surface area contributed by atoms with Gasteiger partial charge in [0.1, 0.15) is 5.75 Å². The van der Waals surface area contributed by atoms with Gasteiger partial charge in [-0.15, -0.1) is 0 Å². The fourth-order valence-electron chi connectivity index (χ4n) is 5.49. The van der Waals surface area contributed by atoms with E-state index in [4.69, 9.17) is 21.3 Å². The number of aromatic amines is 1. The lowest BCUT2D eigenvalue weighted by Gasteiger charge is -2.31. The number of fused-ring (bicyclic) bond motifs is 4. The van der Waals surface area contributed by atoms with Crippen molar-refractivity contribution in [1.29, 1.82) is 0 Å². The molecule has 1 aliphatic carbocycles. The summed E-state index contributed by atoms with van der Waals surface area (Å²) in [6, 6.07) is 21.9. The molecule has 0 amide bonds. The Balaban J connectivity index is 1.48. The number of aryl methyl sites for hydroxylation is 1. The first kappa shape index (κ1) is 22.3. The number of aromatic nitrogens is 2. The van der Waals surface area contributed by atoms with E-state index >= 15 is 0 Å². The second-order valence-corrected chi connectivity index (χ2v) is 10.8. The van der Waals surface area contributed by atoms with E-state index in [9.17, 15) is 4.79 Å². The van der Waals surface area contributed by atoms with Gasteiger partial charge in [0.25, 0.3) is 5.56 Å². The van der Waals surface area contributed by atoms with Crippen LogP contribution < -0.4 is 19.6 Å². The maximum atomic E-state index is 13.9. The van der Waals surface area contributed by atoms with Crippen LogP contribution in [0.3, 0.4) is 0 Å². The molecule has 0 saturated carbocycles. The first-order valence-electron chi connectivity index (χ1n) is 12.1. The van der Waals surface area contributed by atoms with Crippen molar-refractivity contribution in [1.82, 2.24) is 9.55 Å². The molecule has 1 atom stereocenters. The van der Waals surface area contributed by atoms with Crippen LogP contribution in [0.2, 0.25) is 5.02 Å². The van der Waals surface area contributed by atoms with E-state index < -0.39 is 0 Å². The Bertz CT molecular complexity index is 1910. The number of rotatable bonds is 3. The number of allylic oxidation sites excluding steroid dienone is 1. The van der Waals surface area contributed by atoms with E-state index in [1.807, 2.05) is 65.4 Å². The molecule has 0 bridgehead atoms. The fraction of sp³-hybridized carbons (Fsp3) is 0.133. The maximum Gasteiger partial charge on any atom is 0.271 e. The van der Waals surface area contributed by atoms with Gasteiger partial charge in [-0.1, -0.05) is 53.3 Å². The van der Waals surface area contributed by atoms with Gasteiger partial charge in [-0.3, -0.25) is 9.36 Å². The summed E-state index contributed by atoms with van der Waals surface area (Å²) in [5.41, 5.74) is 7.48. The molecular weight excluding hydrogens is 502 g/mol. The normalized spacial score (nSPS) is 16.8. The average Bonchev–Trinajstić information content (AvgIpc) is 3.48. The Morgan fingerprint density at radius 2 is 1.95 bits per heavy atom. The summed E-state index contributed by atoms with van der Waals surface area (Å²) in [5, 5.41) is 1.76. The monoisotopic (exact) mass is 523 g/mol. The van der Waals surface area contributed by atoms with Crippen LogP contribution in [-0.4, -0.2) is 16.7 Å². The minimum Gasteiger partial charge on any atom is -0.497 e. The largest absolute Gasteiger partial charge is 0.497 e. The van der Waals surface area contributed by atoms with Gasteiger partial charge in [0.15, 0.2) is 4.80 Å². The minimum absolute atomic E-state index is 0.0268. The highest BCUT2D eigenvalue weighted by atomic mass is 35.5. The van der Waals surface area contributed by atoms with Crippen LogP contribution in [0.5, 0.6) is 5.75 Å². The number of H-pyrrole nitrogens is 1. The molecule has 3 aromatic carbocycles. The molecular formula is C30H22ClN3O2S. The Morgan fingerprint density at radius 1 is 1.11 bits per heavy atom. The Morgan fingerprint density at radius 3 is 2.78 bits per heavy atom. The third-order valence-corrected chi connectivity index (χ3v) is 8.50. The molecule has 2 aromatic heterocycles. The van der Waals surface area contributed by atoms with Crippen molar-refractivity contribution >= 4 is 45.6 Å². The van der Waals surface area contributed by atoms with Gasteiger partial charge in [0, 0.05) is 33.2 Å². The number of methoxy groups -OCH3 is 1. The van der Waals surface area contributed by atoms with Gasteiger partial charge in [0.05, 0.1) is 23.4 Å². The molecule has 1 aliphatic heterocycles. The Labute approximate surface area is 221 Å². The second kappa shape index (κ2) is 8.61. The zero-order valence-corrected chi connectivity index (χ0v) is 21.6. The van der Waals surface area contributed by atoms with Crippen molar-refractivity contribution in [2.45, 2.75) is 18.9 Å². The summed E-state index contributed by atoms with van der Waals surface area (Å²) in [4.78, 5) is 23.0. The summed E-state index contributed by atoms with van der Waals surface area (Å²) in [7, 11) is 1.69. The summed E-state index contributed by atoms with van der Waals surface area (Å²) >= 11 is 7.67. The van der Waals surface area contributed by atoms with Crippen molar-refractivity contribution in [3.8, 4) is 5.75 Å². The van der Waals surface area contributed by atoms with Crippen LogP contribution in [-0.2, 0) is 6.42 Å². The summed E-state index contributed by atoms with van der Waals surface area (Å²) < 4.78 is 7.99. The summed E-state index contributed by atoms with van der Waals surface area (Å²) in [5.74, 6) is 0.844. The number of nitrogens with one attached hydrogen (secondary N) is 1. The third kappa shape index (κ3) is 3.59. The number of nitrogens with zero attached hydrogens (tertiary/aromatic N) is 2. The zero-order valence-electron chi connectivity index (χ0n) is 20.0. The molecule has 0 saturated heterocycles. The van der Waals surface area contributed by atoms with E-state index in [0.717, 1.165) is 57.5 Å². The first-order chi connectivity index (χ1) is 18.1. The lowest BCUT2D eigenvalue weighted by molar-refractivity contribution is 0.414. The van der Waals surface area contributed by atoms with Crippen molar-refractivity contribution in [2.75, 3.05) is 7.11 Å². The van der Waals surface area contributed by atoms with Crippen LogP contribution in [0.25, 0.3) is 22.7 Å². The minimum atomic E-state index is -0.233. The lowest BCUT2D eigenvalue weighted by Crippen LogP contribution is -2.38. The number of para-hydroxylation sites is 1. The molecule has 182 valence electrons. The quantitative estimate of drug-likeness (QED) is 0.341. The van der Waals surface area contributed by atoms with Crippen LogP contribution in [0.4, 0.5) is 0 Å². The highest BCUT2D eigenvalue weighted by molar-refractivity contribution is 7.07. The molecule has 7 rings (SSSR count). The molecule has 1 N–H and O–H groups in total. The number of hydrogen-bond acceptors (Lipinski definition) is 4. The smallest absolute Gasteiger partial charge is 0.271 e. The Kier molecular flexibility index (Phi) is 5.20. The SMILES string of the molecule is COc1ccc2c(c1)CCC1=C2N=c2s/c(=C\c3c[nH]c4ccccc34)c(=O)n2C1c1ccc(Cl)cc1. The van der Waals surface area contributed by atoms with Gasteiger partial charge in [-0.25, -0.2) is 4.99 Å².